The number of nitrogens with zero attached hydrogens (tertiary/aromatic N) is 1. The van der Waals surface area contributed by atoms with Crippen LogP contribution in [-0.2, 0) is 11.3 Å². The summed E-state index contributed by atoms with van der Waals surface area (Å²) in [5.74, 6) is -0.346. The predicted molar refractivity (Wildman–Crippen MR) is 65.6 cm³/mol. The van der Waals surface area contributed by atoms with E-state index in [0.717, 1.165) is 5.56 Å². The lowest BCUT2D eigenvalue weighted by Gasteiger charge is -2.20. The molecule has 0 fully saturated rings. The number of likely N-dealkylation sites (N-methyl/N-ethyl adjacent to an activating group) is 1. The van der Waals surface area contributed by atoms with Crippen LogP contribution in [0.3, 0.4) is 0 Å². The zero-order valence-corrected chi connectivity index (χ0v) is 10.7. The van der Waals surface area contributed by atoms with Crippen LogP contribution in [-0.4, -0.2) is 43.4 Å². The molecule has 0 aliphatic heterocycles. The Balaban J connectivity index is 2.52. The molecule has 0 aliphatic carbocycles. The molecule has 0 aromatic heterocycles. The molecule has 0 radical (unpaired) electrons. The van der Waals surface area contributed by atoms with Crippen molar-refractivity contribution in [3.05, 3.63) is 34.6 Å². The number of hydrogen-bond donors (Lipinski definition) is 1. The summed E-state index contributed by atoms with van der Waals surface area (Å²) in [6, 6.07) is 4.31. The Morgan fingerprint density at radius 1 is 1.53 bits per heavy atom. The highest BCUT2D eigenvalue weighted by Gasteiger charge is 2.10. The van der Waals surface area contributed by atoms with Crippen LogP contribution in [0, 0.1) is 5.82 Å². The number of hydrogen-bond acceptors (Lipinski definition) is 3. The molecular formula is C12H17ClFNO2. The van der Waals surface area contributed by atoms with Crippen molar-refractivity contribution < 1.29 is 14.2 Å². The van der Waals surface area contributed by atoms with Gasteiger partial charge >= 0.3 is 0 Å². The van der Waals surface area contributed by atoms with Crippen LogP contribution >= 0.6 is 11.6 Å². The molecule has 0 amide bonds. The molecule has 96 valence electrons. The Kier molecular flexibility index (Phi) is 5.85. The van der Waals surface area contributed by atoms with Crippen molar-refractivity contribution in [2.75, 3.05) is 27.3 Å². The molecule has 1 N–H and O–H groups in total. The predicted octanol–water partition coefficient (Wildman–Crippen LogP) is 1.92. The molecule has 1 unspecified atom stereocenters. The fourth-order valence-electron chi connectivity index (χ4n) is 1.61. The summed E-state index contributed by atoms with van der Waals surface area (Å²) in [7, 11) is 3.40. The third-order valence-corrected chi connectivity index (χ3v) is 2.69. The first-order valence-electron chi connectivity index (χ1n) is 5.32. The molecule has 1 aromatic carbocycles. The first-order chi connectivity index (χ1) is 8.02. The van der Waals surface area contributed by atoms with Gasteiger partial charge in [-0.05, 0) is 24.7 Å². The molecule has 0 bridgehead atoms. The molecule has 0 spiro atoms. The zero-order chi connectivity index (χ0) is 12.8. The molecule has 0 aliphatic rings. The lowest BCUT2D eigenvalue weighted by molar-refractivity contribution is 0.0419. The number of aliphatic hydroxyl groups is 1. The van der Waals surface area contributed by atoms with Crippen LogP contribution in [0.5, 0.6) is 0 Å². The maximum Gasteiger partial charge on any atom is 0.124 e. The Morgan fingerprint density at radius 2 is 2.24 bits per heavy atom. The van der Waals surface area contributed by atoms with E-state index < -0.39 is 6.10 Å². The van der Waals surface area contributed by atoms with E-state index in [1.807, 2.05) is 11.9 Å². The minimum atomic E-state index is -0.538. The maximum atomic E-state index is 12.8. The normalized spacial score (nSPS) is 13.1. The molecular weight excluding hydrogens is 245 g/mol. The minimum Gasteiger partial charge on any atom is -0.389 e. The van der Waals surface area contributed by atoms with Crippen LogP contribution in [0.4, 0.5) is 4.39 Å². The summed E-state index contributed by atoms with van der Waals surface area (Å²) in [5.41, 5.74) is 0.834. The number of ether oxygens (including phenoxy) is 1. The van der Waals surface area contributed by atoms with Crippen molar-refractivity contribution in [3.8, 4) is 0 Å². The van der Waals surface area contributed by atoms with Crippen LogP contribution in [0.2, 0.25) is 5.02 Å². The Bertz CT molecular complexity index is 362. The molecule has 0 heterocycles. The van der Waals surface area contributed by atoms with Crippen molar-refractivity contribution in [3.63, 3.8) is 0 Å². The molecule has 5 heteroatoms. The molecule has 3 nitrogen and oxygen atoms in total. The number of rotatable bonds is 6. The van der Waals surface area contributed by atoms with Gasteiger partial charge in [-0.2, -0.15) is 0 Å². The third-order valence-electron chi connectivity index (χ3n) is 2.34. The van der Waals surface area contributed by atoms with Gasteiger partial charge in [-0.15, -0.1) is 0 Å². The van der Waals surface area contributed by atoms with Crippen molar-refractivity contribution in [2.24, 2.45) is 0 Å². The van der Waals surface area contributed by atoms with Gasteiger partial charge in [0, 0.05) is 25.2 Å². The van der Waals surface area contributed by atoms with E-state index in [2.05, 4.69) is 0 Å². The summed E-state index contributed by atoms with van der Waals surface area (Å²) in [5, 5.41) is 9.95. The van der Waals surface area contributed by atoms with Crippen molar-refractivity contribution in [1.29, 1.82) is 0 Å². The van der Waals surface area contributed by atoms with Gasteiger partial charge in [-0.1, -0.05) is 17.7 Å². The standard InChI is InChI=1S/C12H17ClFNO2/c1-15(7-11(16)8-17-2)6-9-3-4-10(14)5-12(9)13/h3-5,11,16H,6-8H2,1-2H3. The van der Waals surface area contributed by atoms with Crippen LogP contribution in [0.1, 0.15) is 5.56 Å². The quantitative estimate of drug-likeness (QED) is 0.849. The van der Waals surface area contributed by atoms with Gasteiger partial charge in [-0.25, -0.2) is 4.39 Å². The summed E-state index contributed by atoms with van der Waals surface area (Å²) in [4.78, 5) is 1.91. The summed E-state index contributed by atoms with van der Waals surface area (Å²) >= 11 is 5.92. The summed E-state index contributed by atoms with van der Waals surface area (Å²) < 4.78 is 17.7. The lowest BCUT2D eigenvalue weighted by atomic mass is 10.2. The van der Waals surface area contributed by atoms with Crippen molar-refractivity contribution in [2.45, 2.75) is 12.6 Å². The monoisotopic (exact) mass is 261 g/mol. The fraction of sp³-hybridized carbons (Fsp3) is 0.500. The van der Waals surface area contributed by atoms with E-state index in [0.29, 0.717) is 24.7 Å². The number of methoxy groups -OCH3 is 1. The average Bonchev–Trinajstić information content (AvgIpc) is 2.22. The SMILES string of the molecule is COCC(O)CN(C)Cc1ccc(F)cc1Cl. The molecule has 1 aromatic rings. The number of halogens is 2. The fourth-order valence-corrected chi connectivity index (χ4v) is 1.84. The van der Waals surface area contributed by atoms with Gasteiger partial charge < -0.3 is 9.84 Å². The van der Waals surface area contributed by atoms with E-state index in [9.17, 15) is 9.50 Å². The van der Waals surface area contributed by atoms with E-state index in [1.54, 1.807) is 13.2 Å². The van der Waals surface area contributed by atoms with Gasteiger partial charge in [0.2, 0.25) is 0 Å². The van der Waals surface area contributed by atoms with Crippen LogP contribution in [0.15, 0.2) is 18.2 Å². The molecule has 1 rings (SSSR count). The molecule has 17 heavy (non-hydrogen) atoms. The molecule has 0 saturated heterocycles. The van der Waals surface area contributed by atoms with Crippen molar-refractivity contribution >= 4 is 11.6 Å². The minimum absolute atomic E-state index is 0.293. The smallest absolute Gasteiger partial charge is 0.124 e. The van der Waals surface area contributed by atoms with Crippen molar-refractivity contribution in [1.82, 2.24) is 4.90 Å². The van der Waals surface area contributed by atoms with Crippen LogP contribution in [0.25, 0.3) is 0 Å². The highest BCUT2D eigenvalue weighted by Crippen LogP contribution is 2.18. The molecule has 0 saturated carbocycles. The second-order valence-electron chi connectivity index (χ2n) is 4.04. The van der Waals surface area contributed by atoms with Gasteiger partial charge in [0.25, 0.3) is 0 Å². The van der Waals surface area contributed by atoms with Gasteiger partial charge in [0.1, 0.15) is 5.82 Å². The topological polar surface area (TPSA) is 32.7 Å². The van der Waals surface area contributed by atoms with E-state index in [1.165, 1.54) is 12.1 Å². The van der Waals surface area contributed by atoms with Gasteiger partial charge in [0.05, 0.1) is 12.7 Å². The number of benzene rings is 1. The van der Waals surface area contributed by atoms with Gasteiger partial charge in [-0.3, -0.25) is 4.90 Å². The lowest BCUT2D eigenvalue weighted by Crippen LogP contribution is -2.31. The first kappa shape index (κ1) is 14.4. The Labute approximate surface area is 106 Å². The van der Waals surface area contributed by atoms with E-state index in [4.69, 9.17) is 16.3 Å². The van der Waals surface area contributed by atoms with E-state index >= 15 is 0 Å². The second-order valence-corrected chi connectivity index (χ2v) is 4.45. The third kappa shape index (κ3) is 5.00. The highest BCUT2D eigenvalue weighted by atomic mass is 35.5. The highest BCUT2D eigenvalue weighted by molar-refractivity contribution is 6.31. The average molecular weight is 262 g/mol. The first-order valence-corrected chi connectivity index (χ1v) is 5.70. The molecule has 1 atom stereocenters. The summed E-state index contributed by atoms with van der Waals surface area (Å²) in [6.07, 6.45) is -0.538. The number of aliphatic hydroxyl groups excluding tert-OH is 1. The summed E-state index contributed by atoms with van der Waals surface area (Å²) in [6.45, 7) is 1.32. The Morgan fingerprint density at radius 3 is 2.82 bits per heavy atom. The van der Waals surface area contributed by atoms with Gasteiger partial charge in [0.15, 0.2) is 0 Å². The van der Waals surface area contributed by atoms with Crippen LogP contribution < -0.4 is 0 Å². The maximum absolute atomic E-state index is 12.8. The second kappa shape index (κ2) is 6.91. The Hall–Kier alpha value is -0.680. The zero-order valence-electron chi connectivity index (χ0n) is 9.99. The van der Waals surface area contributed by atoms with E-state index in [-0.39, 0.29) is 5.82 Å². The largest absolute Gasteiger partial charge is 0.389 e.